The van der Waals surface area contributed by atoms with Crippen LogP contribution in [0.2, 0.25) is 0 Å². The molecule has 0 unspecified atom stereocenters. The Morgan fingerprint density at radius 1 is 1.42 bits per heavy atom. The zero-order valence-corrected chi connectivity index (χ0v) is 11.6. The number of aliphatic hydroxyl groups excluding tert-OH is 1. The van der Waals surface area contributed by atoms with E-state index in [-0.39, 0.29) is 18.3 Å². The third-order valence-electron chi connectivity index (χ3n) is 2.83. The van der Waals surface area contributed by atoms with Crippen molar-refractivity contribution < 1.29 is 24.2 Å². The van der Waals surface area contributed by atoms with E-state index in [9.17, 15) is 19.5 Å². The van der Waals surface area contributed by atoms with Crippen molar-refractivity contribution in [3.05, 3.63) is 11.3 Å². The minimum Gasteiger partial charge on any atom is -0.509 e. The summed E-state index contributed by atoms with van der Waals surface area (Å²) in [5, 5.41) is 10.0. The maximum absolute atomic E-state index is 12.1. The molecule has 0 bridgehead atoms. The Morgan fingerprint density at radius 2 is 2.00 bits per heavy atom. The summed E-state index contributed by atoms with van der Waals surface area (Å²) in [5.41, 5.74) is -0.428. The Labute approximate surface area is 112 Å². The third-order valence-corrected chi connectivity index (χ3v) is 2.83. The van der Waals surface area contributed by atoms with Gasteiger partial charge >= 0.3 is 5.97 Å². The highest BCUT2D eigenvalue weighted by Crippen LogP contribution is 2.29. The molecule has 0 fully saturated rings. The summed E-state index contributed by atoms with van der Waals surface area (Å²) in [7, 11) is 0. The number of esters is 1. The van der Waals surface area contributed by atoms with Gasteiger partial charge in [-0.15, -0.1) is 0 Å². The highest BCUT2D eigenvalue weighted by molar-refractivity contribution is 6.22. The lowest BCUT2D eigenvalue weighted by atomic mass is 10.0. The maximum Gasteiger partial charge on any atom is 0.347 e. The number of amides is 2. The Balaban J connectivity index is 3.15. The second-order valence-electron chi connectivity index (χ2n) is 4.82. The summed E-state index contributed by atoms with van der Waals surface area (Å²) in [4.78, 5) is 36.2. The lowest BCUT2D eigenvalue weighted by Gasteiger charge is -2.23. The molecule has 1 rings (SSSR count). The molecule has 0 aliphatic carbocycles. The van der Waals surface area contributed by atoms with Gasteiger partial charge in [-0.05, 0) is 19.3 Å². The predicted octanol–water partition coefficient (Wildman–Crippen LogP) is 1.17. The number of hydrogen-bond acceptors (Lipinski definition) is 5. The minimum absolute atomic E-state index is 0.0951. The number of ether oxygens (including phenoxy) is 1. The van der Waals surface area contributed by atoms with E-state index in [1.165, 1.54) is 6.92 Å². The molecule has 19 heavy (non-hydrogen) atoms. The predicted molar refractivity (Wildman–Crippen MR) is 67.1 cm³/mol. The van der Waals surface area contributed by atoms with E-state index in [1.54, 1.807) is 6.92 Å². The number of hydrogen-bond donors (Lipinski definition) is 1. The van der Waals surface area contributed by atoms with Gasteiger partial charge in [0.2, 0.25) is 5.91 Å². The van der Waals surface area contributed by atoms with Gasteiger partial charge in [-0.25, -0.2) is 4.79 Å². The topological polar surface area (TPSA) is 83.9 Å². The van der Waals surface area contributed by atoms with E-state index in [4.69, 9.17) is 4.74 Å². The summed E-state index contributed by atoms with van der Waals surface area (Å²) >= 11 is 0. The molecule has 1 N–H and O–H groups in total. The van der Waals surface area contributed by atoms with Gasteiger partial charge in [0.1, 0.15) is 5.76 Å². The molecule has 1 aliphatic rings. The van der Waals surface area contributed by atoms with E-state index in [1.807, 2.05) is 13.8 Å². The molecule has 0 saturated carbocycles. The van der Waals surface area contributed by atoms with Crippen molar-refractivity contribution in [3.63, 3.8) is 0 Å². The van der Waals surface area contributed by atoms with E-state index in [0.717, 1.165) is 4.90 Å². The number of rotatable bonds is 4. The Kier molecular flexibility index (Phi) is 4.69. The zero-order valence-electron chi connectivity index (χ0n) is 11.6. The molecular formula is C13H19NO5. The molecule has 0 aromatic carbocycles. The van der Waals surface area contributed by atoms with Crippen LogP contribution in [0.25, 0.3) is 0 Å². The normalized spacial score (nSPS) is 19.3. The molecule has 1 atom stereocenters. The largest absolute Gasteiger partial charge is 0.509 e. The highest BCUT2D eigenvalue weighted by atomic mass is 16.5. The third kappa shape index (κ3) is 2.94. The van der Waals surface area contributed by atoms with Gasteiger partial charge in [-0.2, -0.15) is 0 Å². The Bertz CT molecular complexity index is 438. The summed E-state index contributed by atoms with van der Waals surface area (Å²) in [6, 6.07) is -0.774. The first-order valence-electron chi connectivity index (χ1n) is 6.25. The maximum atomic E-state index is 12.1. The fourth-order valence-electron chi connectivity index (χ4n) is 2.08. The van der Waals surface area contributed by atoms with Gasteiger partial charge in [-0.3, -0.25) is 14.5 Å². The van der Waals surface area contributed by atoms with Crippen LogP contribution in [-0.4, -0.2) is 40.4 Å². The summed E-state index contributed by atoms with van der Waals surface area (Å²) in [6.07, 6.45) is 0.403. The molecule has 1 heterocycles. The first-order chi connectivity index (χ1) is 8.81. The van der Waals surface area contributed by atoms with Gasteiger partial charge in [0.05, 0.1) is 12.6 Å². The first-order valence-corrected chi connectivity index (χ1v) is 6.25. The Hall–Kier alpha value is -1.85. The second kappa shape index (κ2) is 5.86. The molecule has 0 radical (unpaired) electrons. The van der Waals surface area contributed by atoms with Crippen LogP contribution < -0.4 is 0 Å². The van der Waals surface area contributed by atoms with Crippen LogP contribution in [0.5, 0.6) is 0 Å². The standard InChI is InChI=1S/C13H19NO5/c1-5-19-13(18)10-11(16)9(6-7(2)3)14(8(4)15)12(10)17/h7,9,16H,5-6H2,1-4H3/t9-/m0/s1. The van der Waals surface area contributed by atoms with Crippen molar-refractivity contribution in [3.8, 4) is 0 Å². The molecule has 2 amide bonds. The number of aliphatic hydroxyl groups is 1. The number of nitrogens with zero attached hydrogens (tertiary/aromatic N) is 1. The monoisotopic (exact) mass is 269 g/mol. The molecule has 106 valence electrons. The van der Waals surface area contributed by atoms with Gasteiger partial charge < -0.3 is 9.84 Å². The SMILES string of the molecule is CCOC(=O)C1=C(O)[C@H](CC(C)C)N(C(C)=O)C1=O. The van der Waals surface area contributed by atoms with Crippen LogP contribution in [-0.2, 0) is 19.1 Å². The molecule has 0 spiro atoms. The fraction of sp³-hybridized carbons (Fsp3) is 0.615. The van der Waals surface area contributed by atoms with Crippen LogP contribution in [0.4, 0.5) is 0 Å². The lowest BCUT2D eigenvalue weighted by molar-refractivity contribution is -0.145. The smallest absolute Gasteiger partial charge is 0.347 e. The number of imide groups is 1. The van der Waals surface area contributed by atoms with Crippen molar-refractivity contribution in [1.82, 2.24) is 4.90 Å². The van der Waals surface area contributed by atoms with E-state index < -0.39 is 29.4 Å². The van der Waals surface area contributed by atoms with Crippen molar-refractivity contribution in [2.75, 3.05) is 6.61 Å². The Morgan fingerprint density at radius 3 is 2.42 bits per heavy atom. The van der Waals surface area contributed by atoms with Crippen LogP contribution in [0.3, 0.4) is 0 Å². The van der Waals surface area contributed by atoms with Gasteiger partial charge in [0.15, 0.2) is 5.57 Å². The fourth-order valence-corrected chi connectivity index (χ4v) is 2.08. The summed E-state index contributed by atoms with van der Waals surface area (Å²) < 4.78 is 4.73. The van der Waals surface area contributed by atoms with Crippen LogP contribution >= 0.6 is 0 Å². The molecule has 6 heteroatoms. The lowest BCUT2D eigenvalue weighted by Crippen LogP contribution is -2.40. The average molecular weight is 269 g/mol. The number of carbonyl (C=O) groups is 3. The van der Waals surface area contributed by atoms with Crippen LogP contribution in [0, 0.1) is 5.92 Å². The van der Waals surface area contributed by atoms with Gasteiger partial charge in [0.25, 0.3) is 5.91 Å². The van der Waals surface area contributed by atoms with Gasteiger partial charge in [-0.1, -0.05) is 13.8 Å². The van der Waals surface area contributed by atoms with Crippen molar-refractivity contribution in [2.24, 2.45) is 5.92 Å². The second-order valence-corrected chi connectivity index (χ2v) is 4.82. The number of carbonyl (C=O) groups excluding carboxylic acids is 3. The summed E-state index contributed by atoms with van der Waals surface area (Å²) in [5.74, 6) is -2.38. The van der Waals surface area contributed by atoms with Crippen LogP contribution in [0.15, 0.2) is 11.3 Å². The van der Waals surface area contributed by atoms with Crippen molar-refractivity contribution in [1.29, 1.82) is 0 Å². The van der Waals surface area contributed by atoms with E-state index >= 15 is 0 Å². The molecule has 0 aromatic rings. The van der Waals surface area contributed by atoms with Crippen LogP contribution in [0.1, 0.15) is 34.1 Å². The van der Waals surface area contributed by atoms with Crippen molar-refractivity contribution >= 4 is 17.8 Å². The van der Waals surface area contributed by atoms with Gasteiger partial charge in [0, 0.05) is 6.92 Å². The first kappa shape index (κ1) is 15.2. The van der Waals surface area contributed by atoms with Crippen molar-refractivity contribution in [2.45, 2.75) is 40.2 Å². The molecule has 0 saturated heterocycles. The van der Waals surface area contributed by atoms with E-state index in [0.29, 0.717) is 6.42 Å². The molecule has 6 nitrogen and oxygen atoms in total. The molecule has 1 aliphatic heterocycles. The highest BCUT2D eigenvalue weighted by Gasteiger charge is 2.45. The molecular weight excluding hydrogens is 250 g/mol. The van der Waals surface area contributed by atoms with E-state index in [2.05, 4.69) is 0 Å². The average Bonchev–Trinajstić information content (AvgIpc) is 2.50. The minimum atomic E-state index is -0.887. The zero-order chi connectivity index (χ0) is 14.7. The quantitative estimate of drug-likeness (QED) is 0.611. The summed E-state index contributed by atoms with van der Waals surface area (Å²) in [6.45, 7) is 6.73. The molecule has 0 aromatic heterocycles.